The molecule has 0 radical (unpaired) electrons. The number of benzene rings is 1. The monoisotopic (exact) mass is 289 g/mol. The lowest BCUT2D eigenvalue weighted by Crippen LogP contribution is -2.33. The summed E-state index contributed by atoms with van der Waals surface area (Å²) in [5.41, 5.74) is 4.11. The van der Waals surface area contributed by atoms with E-state index in [0.29, 0.717) is 18.7 Å². The maximum absolute atomic E-state index is 12.1. The van der Waals surface area contributed by atoms with Crippen molar-refractivity contribution < 1.29 is 9.53 Å². The molecule has 3 N–H and O–H groups in total. The van der Waals surface area contributed by atoms with E-state index in [4.69, 9.17) is 4.74 Å². The van der Waals surface area contributed by atoms with Gasteiger partial charge in [-0.1, -0.05) is 0 Å². The molecule has 0 saturated carbocycles. The van der Waals surface area contributed by atoms with Gasteiger partial charge in [0.25, 0.3) is 5.91 Å². The number of aromatic nitrogens is 1. The largest absolute Gasteiger partial charge is 0.383 e. The first-order chi connectivity index (χ1) is 10.1. The maximum Gasteiger partial charge on any atom is 0.251 e. The number of aryl methyl sites for hydroxylation is 2. The van der Waals surface area contributed by atoms with E-state index in [0.717, 1.165) is 29.7 Å². The third kappa shape index (κ3) is 3.83. The Morgan fingerprint density at radius 1 is 1.24 bits per heavy atom. The zero-order valence-corrected chi connectivity index (χ0v) is 12.9. The Bertz CT molecular complexity index is 619. The molecule has 1 aromatic heterocycles. The van der Waals surface area contributed by atoms with E-state index in [1.54, 1.807) is 7.11 Å². The van der Waals surface area contributed by atoms with Gasteiger partial charge in [-0.25, -0.2) is 0 Å². The van der Waals surface area contributed by atoms with Crippen molar-refractivity contribution in [2.24, 2.45) is 0 Å². The van der Waals surface area contributed by atoms with Gasteiger partial charge >= 0.3 is 0 Å². The summed E-state index contributed by atoms with van der Waals surface area (Å²) < 4.78 is 4.94. The lowest BCUT2D eigenvalue weighted by atomic mass is 10.1. The van der Waals surface area contributed by atoms with Crippen molar-refractivity contribution in [3.8, 4) is 0 Å². The fourth-order valence-corrected chi connectivity index (χ4v) is 2.27. The van der Waals surface area contributed by atoms with Crippen LogP contribution >= 0.6 is 0 Å². The Morgan fingerprint density at radius 3 is 2.81 bits per heavy atom. The molecule has 1 heterocycles. The number of carbonyl (C=O) groups excluding carboxylic acids is 1. The molecule has 0 saturated heterocycles. The van der Waals surface area contributed by atoms with Gasteiger partial charge in [0.1, 0.15) is 0 Å². The SMILES string of the molecule is COCCNCCNC(=O)c1ccc2[nH]c(C)c(C)c2c1. The van der Waals surface area contributed by atoms with E-state index in [-0.39, 0.29) is 5.91 Å². The fourth-order valence-electron chi connectivity index (χ4n) is 2.27. The van der Waals surface area contributed by atoms with Crippen LogP contribution in [0.1, 0.15) is 21.6 Å². The molecule has 5 nitrogen and oxygen atoms in total. The molecule has 2 aromatic rings. The topological polar surface area (TPSA) is 66.2 Å². The van der Waals surface area contributed by atoms with E-state index in [1.165, 1.54) is 5.56 Å². The smallest absolute Gasteiger partial charge is 0.251 e. The van der Waals surface area contributed by atoms with Crippen LogP contribution in [0.3, 0.4) is 0 Å². The van der Waals surface area contributed by atoms with Gasteiger partial charge in [-0.05, 0) is 37.6 Å². The lowest BCUT2D eigenvalue weighted by molar-refractivity contribution is 0.0954. The molecule has 0 fully saturated rings. The number of fused-ring (bicyclic) bond motifs is 1. The number of nitrogens with one attached hydrogen (secondary N) is 3. The van der Waals surface area contributed by atoms with Crippen LogP contribution in [0.4, 0.5) is 0 Å². The summed E-state index contributed by atoms with van der Waals surface area (Å²) >= 11 is 0. The molecule has 0 aliphatic rings. The quantitative estimate of drug-likeness (QED) is 0.680. The highest BCUT2D eigenvalue weighted by Crippen LogP contribution is 2.22. The minimum Gasteiger partial charge on any atom is -0.383 e. The van der Waals surface area contributed by atoms with E-state index in [9.17, 15) is 4.79 Å². The molecule has 0 aliphatic carbocycles. The highest BCUT2D eigenvalue weighted by Gasteiger charge is 2.09. The number of ether oxygens (including phenoxy) is 1. The molecule has 5 heteroatoms. The Morgan fingerprint density at radius 2 is 2.05 bits per heavy atom. The van der Waals surface area contributed by atoms with Gasteiger partial charge in [-0.2, -0.15) is 0 Å². The van der Waals surface area contributed by atoms with Gasteiger partial charge in [0.15, 0.2) is 0 Å². The predicted octanol–water partition coefficient (Wildman–Crippen LogP) is 1.75. The Labute approximate surface area is 125 Å². The minimum atomic E-state index is -0.0382. The van der Waals surface area contributed by atoms with Crippen LogP contribution in [0.25, 0.3) is 10.9 Å². The first-order valence-electron chi connectivity index (χ1n) is 7.20. The van der Waals surface area contributed by atoms with E-state index < -0.39 is 0 Å². The standard InChI is InChI=1S/C16H23N3O2/c1-11-12(2)19-15-5-4-13(10-14(11)15)16(20)18-7-6-17-8-9-21-3/h4-5,10,17,19H,6-9H2,1-3H3,(H,18,20). The van der Waals surface area contributed by atoms with E-state index >= 15 is 0 Å². The van der Waals surface area contributed by atoms with Crippen LogP contribution in [0, 0.1) is 13.8 Å². The number of hydrogen-bond acceptors (Lipinski definition) is 3. The van der Waals surface area contributed by atoms with Crippen molar-refractivity contribution in [3.05, 3.63) is 35.0 Å². The molecule has 1 aromatic carbocycles. The number of carbonyl (C=O) groups is 1. The molecule has 0 bridgehead atoms. The lowest BCUT2D eigenvalue weighted by Gasteiger charge is -2.07. The Hall–Kier alpha value is -1.85. The molecular formula is C16H23N3O2. The van der Waals surface area contributed by atoms with Gasteiger partial charge < -0.3 is 20.4 Å². The average molecular weight is 289 g/mol. The van der Waals surface area contributed by atoms with Crippen LogP contribution in [0.15, 0.2) is 18.2 Å². The molecule has 0 atom stereocenters. The van der Waals surface area contributed by atoms with Gasteiger partial charge in [-0.15, -0.1) is 0 Å². The third-order valence-electron chi connectivity index (χ3n) is 3.64. The molecular weight excluding hydrogens is 266 g/mol. The van der Waals surface area contributed by atoms with Crippen LogP contribution in [-0.4, -0.2) is 44.2 Å². The summed E-state index contributed by atoms with van der Waals surface area (Å²) in [6.45, 7) is 6.92. The second-order valence-electron chi connectivity index (χ2n) is 5.13. The summed E-state index contributed by atoms with van der Waals surface area (Å²) in [6, 6.07) is 5.76. The second kappa shape index (κ2) is 7.24. The zero-order valence-electron chi connectivity index (χ0n) is 12.9. The summed E-state index contributed by atoms with van der Waals surface area (Å²) in [4.78, 5) is 15.4. The summed E-state index contributed by atoms with van der Waals surface area (Å²) in [5, 5.41) is 7.21. The fraction of sp³-hybridized carbons (Fsp3) is 0.438. The summed E-state index contributed by atoms with van der Waals surface area (Å²) in [5.74, 6) is -0.0382. The highest BCUT2D eigenvalue weighted by molar-refractivity contribution is 5.99. The molecule has 1 amide bonds. The normalized spacial score (nSPS) is 11.0. The van der Waals surface area contributed by atoms with Crippen LogP contribution in [0.5, 0.6) is 0 Å². The molecule has 114 valence electrons. The average Bonchev–Trinajstić information content (AvgIpc) is 2.77. The Kier molecular flexibility index (Phi) is 5.36. The van der Waals surface area contributed by atoms with Crippen LogP contribution in [0.2, 0.25) is 0 Å². The van der Waals surface area contributed by atoms with Gasteiger partial charge in [0.2, 0.25) is 0 Å². The predicted molar refractivity (Wildman–Crippen MR) is 84.9 cm³/mol. The highest BCUT2D eigenvalue weighted by atomic mass is 16.5. The van der Waals surface area contributed by atoms with Gasteiger partial charge in [-0.3, -0.25) is 4.79 Å². The first kappa shape index (κ1) is 15.5. The summed E-state index contributed by atoms with van der Waals surface area (Å²) in [6.07, 6.45) is 0. The van der Waals surface area contributed by atoms with Crippen molar-refractivity contribution >= 4 is 16.8 Å². The van der Waals surface area contributed by atoms with Crippen molar-refractivity contribution in [1.29, 1.82) is 0 Å². The maximum atomic E-state index is 12.1. The van der Waals surface area contributed by atoms with E-state index in [2.05, 4.69) is 22.5 Å². The van der Waals surface area contributed by atoms with E-state index in [1.807, 2.05) is 25.1 Å². The number of rotatable bonds is 7. The third-order valence-corrected chi connectivity index (χ3v) is 3.64. The van der Waals surface area contributed by atoms with Gasteiger partial charge in [0.05, 0.1) is 6.61 Å². The Balaban J connectivity index is 1.92. The first-order valence-corrected chi connectivity index (χ1v) is 7.20. The number of methoxy groups -OCH3 is 1. The van der Waals surface area contributed by atoms with Crippen molar-refractivity contribution in [3.63, 3.8) is 0 Å². The van der Waals surface area contributed by atoms with Crippen LogP contribution < -0.4 is 10.6 Å². The second-order valence-corrected chi connectivity index (χ2v) is 5.13. The molecule has 0 aliphatic heterocycles. The van der Waals surface area contributed by atoms with Crippen molar-refractivity contribution in [2.45, 2.75) is 13.8 Å². The molecule has 2 rings (SSSR count). The van der Waals surface area contributed by atoms with Crippen LogP contribution in [-0.2, 0) is 4.74 Å². The molecule has 21 heavy (non-hydrogen) atoms. The summed E-state index contributed by atoms with van der Waals surface area (Å²) in [7, 11) is 1.67. The molecule has 0 unspecified atom stereocenters. The number of aromatic amines is 1. The number of amides is 1. The van der Waals surface area contributed by atoms with Crippen molar-refractivity contribution in [2.75, 3.05) is 33.4 Å². The van der Waals surface area contributed by atoms with Gasteiger partial charge in [0, 0.05) is 48.9 Å². The van der Waals surface area contributed by atoms with Crippen molar-refractivity contribution in [1.82, 2.24) is 15.6 Å². The number of hydrogen-bond donors (Lipinski definition) is 3. The molecule has 0 spiro atoms. The number of H-pyrrole nitrogens is 1. The zero-order chi connectivity index (χ0) is 15.2. The minimum absolute atomic E-state index is 0.0382.